The summed E-state index contributed by atoms with van der Waals surface area (Å²) in [4.78, 5) is 33.9. The van der Waals surface area contributed by atoms with E-state index in [1.165, 1.54) is 4.52 Å². The van der Waals surface area contributed by atoms with Crippen molar-refractivity contribution in [2.24, 2.45) is 0 Å². The van der Waals surface area contributed by atoms with Crippen LogP contribution in [0.1, 0.15) is 33.5 Å². The zero-order chi connectivity index (χ0) is 21.1. The topological polar surface area (TPSA) is 98.5 Å². The van der Waals surface area contributed by atoms with Gasteiger partial charge in [-0.3, -0.25) is 4.79 Å². The minimum Gasteiger partial charge on any atom is -0.441 e. The first-order valence-corrected chi connectivity index (χ1v) is 9.33. The first-order valence-electron chi connectivity index (χ1n) is 9.33. The minimum atomic E-state index is -1.17. The van der Waals surface area contributed by atoms with Crippen LogP contribution in [0.15, 0.2) is 66.9 Å². The Balaban J connectivity index is 1.60. The summed E-state index contributed by atoms with van der Waals surface area (Å²) in [5.41, 5.74) is 2.98. The van der Waals surface area contributed by atoms with Crippen molar-refractivity contribution >= 4 is 23.3 Å². The van der Waals surface area contributed by atoms with Crippen LogP contribution in [0.2, 0.25) is 0 Å². The second-order valence-electron chi connectivity index (χ2n) is 6.78. The van der Waals surface area contributed by atoms with Gasteiger partial charge in [0.25, 0.3) is 17.5 Å². The largest absolute Gasteiger partial charge is 0.441 e. The Morgan fingerprint density at radius 1 is 1.00 bits per heavy atom. The van der Waals surface area contributed by atoms with Crippen LogP contribution in [0, 0.1) is 13.8 Å². The molecule has 30 heavy (non-hydrogen) atoms. The predicted octanol–water partition coefficient (Wildman–Crippen LogP) is 3.28. The van der Waals surface area contributed by atoms with Gasteiger partial charge in [0, 0.05) is 23.1 Å². The fraction of sp³-hybridized carbons (Fsp3) is 0.136. The van der Waals surface area contributed by atoms with Gasteiger partial charge in [0.2, 0.25) is 6.10 Å². The standard InChI is InChI=1S/C22H19N5O3/c1-14-8-10-17(11-9-14)24-20(28)18(16-6-4-3-5-7-16)30-21(29)19-25-22-23-13-12-15(2)27(22)26-19/h3-13,18H,1-2H3,(H,24,28)/t18-/m0/s1. The lowest BCUT2D eigenvalue weighted by Gasteiger charge is -2.17. The molecule has 0 unspecified atom stereocenters. The van der Waals surface area contributed by atoms with Crippen LogP contribution < -0.4 is 5.32 Å². The van der Waals surface area contributed by atoms with Gasteiger partial charge < -0.3 is 10.1 Å². The third-order valence-electron chi connectivity index (χ3n) is 4.50. The number of benzene rings is 2. The molecule has 0 radical (unpaired) electrons. The Kier molecular flexibility index (Phi) is 5.21. The fourth-order valence-electron chi connectivity index (χ4n) is 2.90. The van der Waals surface area contributed by atoms with E-state index in [0.717, 1.165) is 11.3 Å². The molecule has 1 amide bonds. The molecule has 8 nitrogen and oxygen atoms in total. The van der Waals surface area contributed by atoms with Gasteiger partial charge in [0.1, 0.15) is 0 Å². The Morgan fingerprint density at radius 3 is 2.43 bits per heavy atom. The smallest absolute Gasteiger partial charge is 0.379 e. The minimum absolute atomic E-state index is 0.166. The molecule has 0 saturated carbocycles. The van der Waals surface area contributed by atoms with E-state index in [1.807, 2.05) is 32.0 Å². The van der Waals surface area contributed by atoms with Gasteiger partial charge >= 0.3 is 5.97 Å². The van der Waals surface area contributed by atoms with Crippen LogP contribution in [0.25, 0.3) is 5.78 Å². The number of carbonyl (C=O) groups excluding carboxylic acids is 2. The van der Waals surface area contributed by atoms with E-state index in [4.69, 9.17) is 4.74 Å². The number of amides is 1. The van der Waals surface area contributed by atoms with Gasteiger partial charge in [-0.2, -0.15) is 4.98 Å². The number of fused-ring (bicyclic) bond motifs is 1. The summed E-state index contributed by atoms with van der Waals surface area (Å²) < 4.78 is 6.98. The van der Waals surface area contributed by atoms with Crippen molar-refractivity contribution in [3.05, 3.63) is 89.5 Å². The number of hydrogen-bond acceptors (Lipinski definition) is 6. The Bertz CT molecular complexity index is 1200. The summed E-state index contributed by atoms with van der Waals surface area (Å²) in [7, 11) is 0. The molecular formula is C22H19N5O3. The van der Waals surface area contributed by atoms with Gasteiger partial charge in [-0.05, 0) is 32.0 Å². The number of nitrogens with one attached hydrogen (secondary N) is 1. The highest BCUT2D eigenvalue weighted by molar-refractivity contribution is 5.97. The van der Waals surface area contributed by atoms with Crippen molar-refractivity contribution in [3.63, 3.8) is 0 Å². The maximum atomic E-state index is 12.9. The number of esters is 1. The molecule has 0 fully saturated rings. The summed E-state index contributed by atoms with van der Waals surface area (Å²) in [5.74, 6) is -1.17. The van der Waals surface area contributed by atoms with E-state index in [1.54, 1.807) is 48.7 Å². The second kappa shape index (κ2) is 8.12. The molecule has 0 aliphatic heterocycles. The van der Waals surface area contributed by atoms with Gasteiger partial charge in [-0.15, -0.1) is 5.10 Å². The van der Waals surface area contributed by atoms with Crippen molar-refractivity contribution in [1.29, 1.82) is 0 Å². The van der Waals surface area contributed by atoms with Crippen molar-refractivity contribution < 1.29 is 14.3 Å². The SMILES string of the molecule is Cc1ccc(NC(=O)[C@@H](OC(=O)c2nc3nccc(C)n3n2)c2ccccc2)cc1. The first kappa shape index (κ1) is 19.3. The number of hydrogen-bond donors (Lipinski definition) is 1. The molecule has 2 heterocycles. The van der Waals surface area contributed by atoms with Gasteiger partial charge in [0.05, 0.1) is 0 Å². The summed E-state index contributed by atoms with van der Waals surface area (Å²) >= 11 is 0. The number of rotatable bonds is 5. The zero-order valence-electron chi connectivity index (χ0n) is 16.4. The van der Waals surface area contributed by atoms with Crippen molar-refractivity contribution in [3.8, 4) is 0 Å². The molecule has 2 aromatic heterocycles. The van der Waals surface area contributed by atoms with Crippen LogP contribution in [0.3, 0.4) is 0 Å². The van der Waals surface area contributed by atoms with Crippen LogP contribution in [0.5, 0.6) is 0 Å². The van der Waals surface area contributed by atoms with Gasteiger partial charge in [-0.1, -0.05) is 48.0 Å². The molecule has 150 valence electrons. The van der Waals surface area contributed by atoms with Crippen LogP contribution in [-0.4, -0.2) is 31.5 Å². The van der Waals surface area contributed by atoms with E-state index < -0.39 is 18.0 Å². The van der Waals surface area contributed by atoms with Crippen molar-refractivity contribution in [1.82, 2.24) is 19.6 Å². The lowest BCUT2D eigenvalue weighted by molar-refractivity contribution is -0.125. The van der Waals surface area contributed by atoms with E-state index in [-0.39, 0.29) is 11.6 Å². The first-order chi connectivity index (χ1) is 14.5. The molecule has 2 aromatic carbocycles. The number of aryl methyl sites for hydroxylation is 2. The Hall–Kier alpha value is -4.07. The van der Waals surface area contributed by atoms with Gasteiger partial charge in [-0.25, -0.2) is 14.3 Å². The number of nitrogens with zero attached hydrogens (tertiary/aromatic N) is 4. The molecule has 0 bridgehead atoms. The monoisotopic (exact) mass is 401 g/mol. The highest BCUT2D eigenvalue weighted by Gasteiger charge is 2.28. The quantitative estimate of drug-likeness (QED) is 0.515. The lowest BCUT2D eigenvalue weighted by Crippen LogP contribution is -2.26. The third kappa shape index (κ3) is 4.02. The van der Waals surface area contributed by atoms with Gasteiger partial charge in [0.15, 0.2) is 0 Å². The molecule has 1 atom stereocenters. The molecule has 4 rings (SSSR count). The maximum Gasteiger partial charge on any atom is 0.379 e. The van der Waals surface area contributed by atoms with Crippen LogP contribution >= 0.6 is 0 Å². The van der Waals surface area contributed by atoms with E-state index >= 15 is 0 Å². The fourth-order valence-corrected chi connectivity index (χ4v) is 2.90. The van der Waals surface area contributed by atoms with Crippen molar-refractivity contribution in [2.45, 2.75) is 20.0 Å². The summed E-state index contributed by atoms with van der Waals surface area (Å²) in [6, 6.07) is 17.9. The maximum absolute atomic E-state index is 12.9. The third-order valence-corrected chi connectivity index (χ3v) is 4.50. The van der Waals surface area contributed by atoms with Crippen molar-refractivity contribution in [2.75, 3.05) is 5.32 Å². The molecule has 4 aromatic rings. The molecule has 8 heteroatoms. The lowest BCUT2D eigenvalue weighted by atomic mass is 10.1. The summed E-state index contributed by atoms with van der Waals surface area (Å²) in [6.45, 7) is 3.78. The predicted molar refractivity (Wildman–Crippen MR) is 110 cm³/mol. The number of anilines is 1. The summed E-state index contributed by atoms with van der Waals surface area (Å²) in [5, 5.41) is 6.93. The average Bonchev–Trinajstić information content (AvgIpc) is 3.20. The zero-order valence-corrected chi connectivity index (χ0v) is 16.4. The van der Waals surface area contributed by atoms with Crippen LogP contribution in [0.4, 0.5) is 5.69 Å². The normalized spacial score (nSPS) is 11.8. The van der Waals surface area contributed by atoms with E-state index in [2.05, 4.69) is 20.4 Å². The highest BCUT2D eigenvalue weighted by Crippen LogP contribution is 2.21. The Morgan fingerprint density at radius 2 is 1.73 bits per heavy atom. The number of ether oxygens (including phenoxy) is 1. The van der Waals surface area contributed by atoms with E-state index in [9.17, 15) is 9.59 Å². The molecule has 0 aliphatic carbocycles. The molecule has 0 saturated heterocycles. The Labute approximate surface area is 172 Å². The molecule has 0 spiro atoms. The second-order valence-corrected chi connectivity index (χ2v) is 6.78. The molecule has 1 N–H and O–H groups in total. The summed E-state index contributed by atoms with van der Waals surface area (Å²) in [6.07, 6.45) is 0.414. The van der Waals surface area contributed by atoms with E-state index in [0.29, 0.717) is 11.3 Å². The average molecular weight is 401 g/mol. The number of carbonyl (C=O) groups is 2. The highest BCUT2D eigenvalue weighted by atomic mass is 16.5. The van der Waals surface area contributed by atoms with Crippen LogP contribution in [-0.2, 0) is 9.53 Å². The molecule has 0 aliphatic rings. The molecular weight excluding hydrogens is 382 g/mol. The number of aromatic nitrogens is 4.